The third-order valence-corrected chi connectivity index (χ3v) is 4.71. The maximum Gasteiger partial charge on any atom is 0.272 e. The molecule has 2 aromatic heterocycles. The lowest BCUT2D eigenvalue weighted by molar-refractivity contribution is 0.0717. The largest absolute Gasteiger partial charge is 0.329 e. The fourth-order valence-corrected chi connectivity index (χ4v) is 3.60. The van der Waals surface area contributed by atoms with E-state index >= 15 is 0 Å². The van der Waals surface area contributed by atoms with Gasteiger partial charge in [0.25, 0.3) is 5.91 Å². The van der Waals surface area contributed by atoms with Gasteiger partial charge in [0.2, 0.25) is 0 Å². The van der Waals surface area contributed by atoms with Gasteiger partial charge in [0.05, 0.1) is 11.7 Å². The van der Waals surface area contributed by atoms with Gasteiger partial charge >= 0.3 is 0 Å². The Hall–Kier alpha value is -2.28. The Morgan fingerprint density at radius 1 is 1.38 bits per heavy atom. The van der Waals surface area contributed by atoms with Crippen molar-refractivity contribution in [2.75, 3.05) is 20.6 Å². The smallest absolute Gasteiger partial charge is 0.272 e. The van der Waals surface area contributed by atoms with Crippen molar-refractivity contribution in [1.29, 1.82) is 0 Å². The predicted molar refractivity (Wildman–Crippen MR) is 99.8 cm³/mol. The summed E-state index contributed by atoms with van der Waals surface area (Å²) in [5, 5.41) is 4.31. The fourth-order valence-electron chi connectivity index (χ4n) is 3.60. The van der Waals surface area contributed by atoms with Crippen LogP contribution < -0.4 is 0 Å². The summed E-state index contributed by atoms with van der Waals surface area (Å²) in [5.74, 6) is 0.778. The molecular weight excluding hydrogens is 328 g/mol. The van der Waals surface area contributed by atoms with Crippen molar-refractivity contribution in [2.24, 2.45) is 0 Å². The van der Waals surface area contributed by atoms with E-state index in [1.807, 2.05) is 52.0 Å². The van der Waals surface area contributed by atoms with Gasteiger partial charge < -0.3 is 9.80 Å². The molecule has 0 spiro atoms. The summed E-state index contributed by atoms with van der Waals surface area (Å²) in [6.07, 6.45) is 5.51. The van der Waals surface area contributed by atoms with Crippen LogP contribution in [0.2, 0.25) is 0 Å². The Labute approximate surface area is 155 Å². The van der Waals surface area contributed by atoms with E-state index in [4.69, 9.17) is 4.98 Å². The molecule has 0 bridgehead atoms. The molecule has 7 heteroatoms. The Balaban J connectivity index is 1.95. The average molecular weight is 356 g/mol. The van der Waals surface area contributed by atoms with E-state index in [9.17, 15) is 4.79 Å². The number of amides is 1. The van der Waals surface area contributed by atoms with Crippen molar-refractivity contribution in [3.8, 4) is 0 Å². The van der Waals surface area contributed by atoms with Gasteiger partial charge in [-0.2, -0.15) is 5.10 Å². The van der Waals surface area contributed by atoms with Crippen molar-refractivity contribution in [1.82, 2.24) is 29.5 Å². The van der Waals surface area contributed by atoms with Crippen LogP contribution in [0.4, 0.5) is 0 Å². The molecule has 0 aliphatic carbocycles. The van der Waals surface area contributed by atoms with Gasteiger partial charge in [0.1, 0.15) is 11.5 Å². The predicted octanol–water partition coefficient (Wildman–Crippen LogP) is 2.60. The van der Waals surface area contributed by atoms with Crippen molar-refractivity contribution in [3.05, 3.63) is 41.2 Å². The Morgan fingerprint density at radius 2 is 2.15 bits per heavy atom. The van der Waals surface area contributed by atoms with Crippen molar-refractivity contribution in [2.45, 2.75) is 52.2 Å². The number of likely N-dealkylation sites (tertiary alicyclic amines) is 1. The third-order valence-electron chi connectivity index (χ3n) is 4.71. The zero-order valence-corrected chi connectivity index (χ0v) is 16.3. The second-order valence-electron chi connectivity index (χ2n) is 7.48. The van der Waals surface area contributed by atoms with E-state index < -0.39 is 0 Å². The quantitative estimate of drug-likeness (QED) is 0.824. The molecule has 0 N–H and O–H groups in total. The minimum Gasteiger partial charge on any atom is -0.329 e. The second kappa shape index (κ2) is 7.53. The molecule has 2 aromatic rings. The van der Waals surface area contributed by atoms with Gasteiger partial charge in [-0.1, -0.05) is 0 Å². The number of aromatic nitrogens is 4. The van der Waals surface area contributed by atoms with Crippen molar-refractivity contribution < 1.29 is 4.79 Å². The molecule has 0 saturated carbocycles. The molecule has 1 saturated heterocycles. The summed E-state index contributed by atoms with van der Waals surface area (Å²) < 4.78 is 1.80. The lowest BCUT2D eigenvalue weighted by atomic mass is 10.1. The summed E-state index contributed by atoms with van der Waals surface area (Å²) >= 11 is 0. The van der Waals surface area contributed by atoms with Crippen LogP contribution in [0.15, 0.2) is 18.5 Å². The van der Waals surface area contributed by atoms with E-state index in [0.29, 0.717) is 5.69 Å². The lowest BCUT2D eigenvalue weighted by Gasteiger charge is -2.27. The molecule has 3 heterocycles. The highest BCUT2D eigenvalue weighted by Crippen LogP contribution is 2.34. The number of hydrogen-bond donors (Lipinski definition) is 0. The molecule has 1 atom stereocenters. The van der Waals surface area contributed by atoms with Crippen LogP contribution >= 0.6 is 0 Å². The van der Waals surface area contributed by atoms with E-state index in [2.05, 4.69) is 15.0 Å². The molecule has 0 radical (unpaired) electrons. The second-order valence-corrected chi connectivity index (χ2v) is 7.48. The molecule has 1 amide bonds. The topological polar surface area (TPSA) is 67.2 Å². The number of carbonyl (C=O) groups excluding carboxylic acids is 1. The first-order chi connectivity index (χ1) is 12.4. The average Bonchev–Trinajstić information content (AvgIpc) is 3.24. The van der Waals surface area contributed by atoms with Gasteiger partial charge in [-0.3, -0.25) is 9.48 Å². The summed E-state index contributed by atoms with van der Waals surface area (Å²) in [6, 6.07) is 1.95. The SMILES string of the molecule is Cc1ncc(CN(C)C)c(C2CCCN2C(=O)c2ccnn2C(C)C)n1. The Bertz CT molecular complexity index is 782. The van der Waals surface area contributed by atoms with E-state index in [0.717, 1.165) is 43.0 Å². The summed E-state index contributed by atoms with van der Waals surface area (Å²) in [7, 11) is 4.06. The van der Waals surface area contributed by atoms with E-state index in [-0.39, 0.29) is 18.0 Å². The monoisotopic (exact) mass is 356 g/mol. The first kappa shape index (κ1) is 18.5. The molecule has 1 aliphatic heterocycles. The normalized spacial score (nSPS) is 17.5. The van der Waals surface area contributed by atoms with Gasteiger partial charge in [0, 0.05) is 37.1 Å². The van der Waals surface area contributed by atoms with Crippen LogP contribution in [0, 0.1) is 6.92 Å². The molecule has 26 heavy (non-hydrogen) atoms. The highest BCUT2D eigenvalue weighted by Gasteiger charge is 2.34. The van der Waals surface area contributed by atoms with Gasteiger partial charge in [-0.05, 0) is 53.8 Å². The lowest BCUT2D eigenvalue weighted by Crippen LogP contribution is -2.34. The Morgan fingerprint density at radius 3 is 2.85 bits per heavy atom. The number of carbonyl (C=O) groups is 1. The molecule has 140 valence electrons. The van der Waals surface area contributed by atoms with Crippen LogP contribution in [0.3, 0.4) is 0 Å². The fraction of sp³-hybridized carbons (Fsp3) is 0.579. The minimum atomic E-state index is -0.00494. The number of nitrogens with zero attached hydrogens (tertiary/aromatic N) is 6. The van der Waals surface area contributed by atoms with E-state index in [1.54, 1.807) is 10.9 Å². The summed E-state index contributed by atoms with van der Waals surface area (Å²) in [5.41, 5.74) is 2.71. The summed E-state index contributed by atoms with van der Waals surface area (Å²) in [4.78, 5) is 26.4. The Kier molecular flexibility index (Phi) is 5.36. The first-order valence-corrected chi connectivity index (χ1v) is 9.20. The number of aryl methyl sites for hydroxylation is 1. The van der Waals surface area contributed by atoms with Crippen LogP contribution in [0.5, 0.6) is 0 Å². The molecule has 0 aromatic carbocycles. The zero-order chi connectivity index (χ0) is 18.8. The summed E-state index contributed by atoms with van der Waals surface area (Å²) in [6.45, 7) is 7.48. The van der Waals surface area contributed by atoms with Crippen molar-refractivity contribution >= 4 is 5.91 Å². The zero-order valence-electron chi connectivity index (χ0n) is 16.3. The molecular formula is C19H28N6O. The van der Waals surface area contributed by atoms with Crippen LogP contribution in [-0.2, 0) is 6.54 Å². The van der Waals surface area contributed by atoms with Gasteiger partial charge in [-0.15, -0.1) is 0 Å². The highest BCUT2D eigenvalue weighted by atomic mass is 16.2. The molecule has 1 unspecified atom stereocenters. The van der Waals surface area contributed by atoms with Crippen LogP contribution in [-0.4, -0.2) is 56.1 Å². The standard InChI is InChI=1S/C19H28N6O/c1-13(2)25-17(8-9-21-25)19(26)24-10-6-7-16(24)18-15(12-23(4)5)11-20-14(3)22-18/h8-9,11,13,16H,6-7,10,12H2,1-5H3. The molecule has 3 rings (SSSR count). The maximum absolute atomic E-state index is 13.2. The third kappa shape index (κ3) is 3.62. The maximum atomic E-state index is 13.2. The molecule has 1 aliphatic rings. The molecule has 1 fully saturated rings. The molecule has 7 nitrogen and oxygen atoms in total. The minimum absolute atomic E-state index is 0.00494. The van der Waals surface area contributed by atoms with Crippen molar-refractivity contribution in [3.63, 3.8) is 0 Å². The number of rotatable bonds is 5. The van der Waals surface area contributed by atoms with Gasteiger partial charge in [0.15, 0.2) is 0 Å². The first-order valence-electron chi connectivity index (χ1n) is 9.20. The number of hydrogen-bond acceptors (Lipinski definition) is 5. The van der Waals surface area contributed by atoms with Crippen LogP contribution in [0.25, 0.3) is 0 Å². The highest BCUT2D eigenvalue weighted by molar-refractivity contribution is 5.93. The van der Waals surface area contributed by atoms with Crippen LogP contribution in [0.1, 0.15) is 66.3 Å². The van der Waals surface area contributed by atoms with E-state index in [1.165, 1.54) is 0 Å². The van der Waals surface area contributed by atoms with Gasteiger partial charge in [-0.25, -0.2) is 9.97 Å².